The first-order valence-corrected chi connectivity index (χ1v) is 45.7. The maximum absolute atomic E-state index is 15.1. The summed E-state index contributed by atoms with van der Waals surface area (Å²) in [5.41, 5.74) is 11.9. The zero-order valence-electron chi connectivity index (χ0n) is 78.0. The molecular formula is C94H134ClFN16O20. The van der Waals surface area contributed by atoms with E-state index in [9.17, 15) is 73.5 Å². The van der Waals surface area contributed by atoms with Crippen molar-refractivity contribution in [2.75, 3.05) is 95.8 Å². The second-order valence-electron chi connectivity index (χ2n) is 35.7. The van der Waals surface area contributed by atoms with Gasteiger partial charge in [-0.25, -0.2) is 19.2 Å². The first-order valence-electron chi connectivity index (χ1n) is 45.4. The van der Waals surface area contributed by atoms with Crippen LogP contribution in [0.2, 0.25) is 5.02 Å². The number of nitrogens with one attached hydrogen (secondary N) is 9. The van der Waals surface area contributed by atoms with Crippen LogP contribution in [0, 0.1) is 42.3 Å². The number of H-pyrrole nitrogens is 1. The number of anilines is 3. The van der Waals surface area contributed by atoms with Crippen LogP contribution < -0.4 is 57.9 Å². The van der Waals surface area contributed by atoms with Crippen LogP contribution in [0.4, 0.5) is 26.4 Å². The van der Waals surface area contributed by atoms with E-state index in [0.29, 0.717) is 88.8 Å². The van der Waals surface area contributed by atoms with E-state index < -0.39 is 169 Å². The fourth-order valence-corrected chi connectivity index (χ4v) is 17.0. The molecule has 16 N–H and O–H groups in total. The Morgan fingerprint density at radius 2 is 1.44 bits per heavy atom. The molecule has 16 atom stereocenters. The number of piperidine rings is 1. The molecule has 132 heavy (non-hydrogen) atoms. The Balaban J connectivity index is 0.748. The van der Waals surface area contributed by atoms with Gasteiger partial charge in [-0.3, -0.25) is 48.1 Å². The van der Waals surface area contributed by atoms with Gasteiger partial charge in [-0.2, -0.15) is 0 Å². The number of amides is 10. The fraction of sp³-hybridized carbons (Fsp3) is 0.574. The number of rotatable bonds is 45. The van der Waals surface area contributed by atoms with Crippen molar-refractivity contribution in [1.82, 2.24) is 61.6 Å². The van der Waals surface area contributed by atoms with Gasteiger partial charge in [0.2, 0.25) is 59.5 Å². The number of nitrogens with zero attached hydrogens (tertiary/aromatic N) is 6. The second kappa shape index (κ2) is 49.3. The lowest BCUT2D eigenvalue weighted by Gasteiger charge is -2.40. The largest absolute Gasteiger partial charge is 0.460 e. The number of aryl methyl sites for hydroxylation is 1. The minimum Gasteiger partial charge on any atom is -0.460 e. The van der Waals surface area contributed by atoms with Gasteiger partial charge >= 0.3 is 6.09 Å². The minimum atomic E-state index is -1.93. The summed E-state index contributed by atoms with van der Waals surface area (Å²) >= 11 is 6.39. The molecule has 3 fully saturated rings. The van der Waals surface area contributed by atoms with Crippen LogP contribution in [0.1, 0.15) is 157 Å². The number of aromatic amines is 1. The Labute approximate surface area is 775 Å². The predicted molar refractivity (Wildman–Crippen MR) is 495 cm³/mol. The van der Waals surface area contributed by atoms with Crippen LogP contribution in [0.25, 0.3) is 33.5 Å². The number of fused-ring (bicyclic) bond motifs is 1. The summed E-state index contributed by atoms with van der Waals surface area (Å²) in [6.45, 7) is 21.0. The van der Waals surface area contributed by atoms with Gasteiger partial charge in [0.1, 0.15) is 78.4 Å². The number of aromatic nitrogens is 3. The SMILES string of the molecule is CC[C@H](C)[C@@H]([C@@H](CC(=O)N1CCC[C@H]1C[C@@H](C)C(=O)N[C@H](C)[C@@H](O)c1ccccc1)OC)N(C)C(=O)[C@@H](NC(=O)[C@H](C(C)C)N(C)C(=O)OCc1ccc(NC(=O)[C@H](C)NC(=O)[C@@H](NC(=O)CCOCCC(=O)NCC(=O)NCCNc2ncc(-c3cc(C)cc(F)c3)c(N3CCC(N)CC3)c2-c2nc3ccc(Cl)cc3[nH]2)C(C)C)c(O[C@@H]2O[C@H](CO)[C@@H](O)[C@H](O)[C@H]2O)c1)C(C)C. The quantitative estimate of drug-likeness (QED) is 0.0182. The lowest BCUT2D eigenvalue weighted by atomic mass is 9.89. The Kier molecular flexibility index (Phi) is 39.2. The molecule has 3 aliphatic heterocycles. The molecule has 0 radical (unpaired) electrons. The fourth-order valence-electron chi connectivity index (χ4n) is 16.8. The Bertz CT molecular complexity index is 4890. The molecule has 0 spiro atoms. The van der Waals surface area contributed by atoms with Gasteiger partial charge in [-0.05, 0) is 141 Å². The van der Waals surface area contributed by atoms with Crippen molar-refractivity contribution in [3.63, 3.8) is 0 Å². The molecule has 724 valence electrons. The number of hydrogen-bond donors (Lipinski definition) is 15. The summed E-state index contributed by atoms with van der Waals surface area (Å²) in [7, 11) is 4.45. The van der Waals surface area contributed by atoms with Crippen LogP contribution in [0.3, 0.4) is 0 Å². The summed E-state index contributed by atoms with van der Waals surface area (Å²) in [5, 5.41) is 76.4. The average molecular weight is 1860 g/mol. The molecule has 6 aromatic rings. The molecule has 5 heterocycles. The number of methoxy groups -OCH3 is 1. The normalized spacial score (nSPS) is 19.3. The lowest BCUT2D eigenvalue weighted by Crippen LogP contribution is -2.60. The molecule has 38 heteroatoms. The van der Waals surface area contributed by atoms with Gasteiger partial charge in [0.05, 0.1) is 85.0 Å². The number of likely N-dealkylation sites (tertiary alicyclic amines) is 1. The van der Waals surface area contributed by atoms with Crippen molar-refractivity contribution < 1.29 is 102 Å². The molecule has 3 aliphatic rings. The first-order chi connectivity index (χ1) is 62.7. The number of carbonyl (C=O) groups excluding carboxylic acids is 10. The molecule has 0 bridgehead atoms. The van der Waals surface area contributed by atoms with Crippen molar-refractivity contribution in [1.29, 1.82) is 0 Å². The Morgan fingerprint density at radius 3 is 2.10 bits per heavy atom. The van der Waals surface area contributed by atoms with Crippen molar-refractivity contribution in [2.24, 2.45) is 35.3 Å². The van der Waals surface area contributed by atoms with E-state index in [0.717, 1.165) is 35.4 Å². The zero-order chi connectivity index (χ0) is 96.6. The number of aliphatic hydroxyl groups is 5. The standard InChI is InChI=1S/C94H134ClFN16O20/c1-16-54(9)80(70(128-15)45-75(117)112-34-20-23-64(112)41-55(10)88(122)102-56(11)82(118)59-21-18-17-19-22-59)109(13)92(126)78(51(4)5)108-91(125)79(52(6)7)110(14)94(127)130-49-58-24-26-67(69(42-58)131-93-85(121)84(120)83(119)71(48-113)132-93)106-89(123)57(12)103-90(124)77(50(2)3)107-73(115)31-38-129-37-30-72(114)100-47-74(116)98-32-33-99-86-76(87-104-66-27-25-61(95)44-68(66)105-87)81(111-35-28-63(97)29-36-111)65(46-101-86)60-39-53(8)40-62(96)43-60/h17-19,21-22,24-27,39-40,42-44,46,50-52,54-57,63-64,70-71,77-80,82-85,93,113,118-121H,16,20,23,28-38,41,45,47-49,97H2,1-15H3,(H,98,116)(H,99,101)(H,100,114)(H,102,122)(H,103,124)(H,104,105)(H,106,123)(H,107,115)(H,108,125)/t54-,55+,56+,57-,64-,70+,71+,77-,78-,79-,80-,82+,83+,84-,85+,93+/m0/s1. The molecule has 3 saturated heterocycles. The van der Waals surface area contributed by atoms with Crippen LogP contribution in [0.15, 0.2) is 91.1 Å². The van der Waals surface area contributed by atoms with Crippen molar-refractivity contribution in [2.45, 2.75) is 239 Å². The Morgan fingerprint density at radius 1 is 0.742 bits per heavy atom. The highest BCUT2D eigenvalue weighted by Crippen LogP contribution is 2.45. The number of halogens is 2. The summed E-state index contributed by atoms with van der Waals surface area (Å²) in [6, 6.07) is 17.0. The smallest absolute Gasteiger partial charge is 0.410 e. The Hall–Kier alpha value is -10.7. The molecule has 10 amide bonds. The van der Waals surface area contributed by atoms with Gasteiger partial charge < -0.3 is 117 Å². The van der Waals surface area contributed by atoms with E-state index in [-0.39, 0.29) is 98.9 Å². The monoisotopic (exact) mass is 1860 g/mol. The number of carbonyl (C=O) groups is 10. The van der Waals surface area contributed by atoms with E-state index in [1.165, 1.54) is 56.3 Å². The minimum absolute atomic E-state index is 0.0127. The van der Waals surface area contributed by atoms with Crippen molar-refractivity contribution >= 4 is 99.1 Å². The highest BCUT2D eigenvalue weighted by atomic mass is 35.5. The molecule has 2 aromatic heterocycles. The summed E-state index contributed by atoms with van der Waals surface area (Å²) in [6.07, 6.45) is -6.45. The molecule has 9 rings (SSSR count). The van der Waals surface area contributed by atoms with Crippen LogP contribution >= 0.6 is 11.6 Å². The summed E-state index contributed by atoms with van der Waals surface area (Å²) in [4.78, 5) is 159. The van der Waals surface area contributed by atoms with E-state index in [1.54, 1.807) is 104 Å². The first kappa shape index (κ1) is 105. The number of pyridine rings is 1. The van der Waals surface area contributed by atoms with Gasteiger partial charge in [0.25, 0.3) is 0 Å². The van der Waals surface area contributed by atoms with Crippen LogP contribution in [0.5, 0.6) is 5.75 Å². The lowest BCUT2D eigenvalue weighted by molar-refractivity contribution is -0.277. The predicted octanol–water partition coefficient (Wildman–Crippen LogP) is 6.49. The van der Waals surface area contributed by atoms with E-state index >= 15 is 4.39 Å². The van der Waals surface area contributed by atoms with Crippen molar-refractivity contribution in [3.8, 4) is 28.3 Å². The summed E-state index contributed by atoms with van der Waals surface area (Å²) < 4.78 is 44.2. The number of imidazole rings is 1. The number of hydrogen-bond acceptors (Lipinski definition) is 25. The van der Waals surface area contributed by atoms with Gasteiger partial charge in [-0.1, -0.05) is 123 Å². The third-order valence-electron chi connectivity index (χ3n) is 24.5. The highest BCUT2D eigenvalue weighted by molar-refractivity contribution is 6.31. The third kappa shape index (κ3) is 28.2. The number of aliphatic hydroxyl groups excluding tert-OH is 5. The van der Waals surface area contributed by atoms with Gasteiger partial charge in [0, 0.05) is 102 Å². The number of benzene rings is 4. The van der Waals surface area contributed by atoms with Crippen molar-refractivity contribution in [3.05, 3.63) is 119 Å². The molecule has 0 unspecified atom stereocenters. The number of ether oxygens (including phenoxy) is 5. The molecule has 4 aromatic carbocycles. The molecular weight excluding hydrogens is 1730 g/mol. The molecule has 0 aliphatic carbocycles. The third-order valence-corrected chi connectivity index (χ3v) is 24.8. The maximum Gasteiger partial charge on any atom is 0.410 e. The summed E-state index contributed by atoms with van der Waals surface area (Å²) in [5.74, 6) is -6.74. The number of likely N-dealkylation sites (N-methyl/N-ethyl adjacent to an activating group) is 2. The molecule has 0 saturated carbocycles. The molecule has 36 nitrogen and oxygen atoms in total. The van der Waals surface area contributed by atoms with Crippen LogP contribution in [-0.4, -0.2) is 280 Å². The zero-order valence-corrected chi connectivity index (χ0v) is 78.8. The topological polar surface area (TPSA) is 495 Å². The van der Waals surface area contributed by atoms with E-state index in [4.69, 9.17) is 51.0 Å². The van der Waals surface area contributed by atoms with Crippen LogP contribution in [-0.2, 0) is 68.7 Å². The van der Waals surface area contributed by atoms with Gasteiger partial charge in [0.15, 0.2) is 0 Å². The highest BCUT2D eigenvalue weighted by Gasteiger charge is 2.47. The maximum atomic E-state index is 15.1. The van der Waals surface area contributed by atoms with E-state index in [2.05, 4.69) is 52.4 Å². The average Bonchev–Trinajstić information content (AvgIpc) is 1.30. The van der Waals surface area contributed by atoms with E-state index in [1.807, 2.05) is 45.0 Å². The second-order valence-corrected chi connectivity index (χ2v) is 36.2. The van der Waals surface area contributed by atoms with Gasteiger partial charge in [-0.15, -0.1) is 0 Å². The number of nitrogens with two attached hydrogens (primary N) is 1.